The van der Waals surface area contributed by atoms with Crippen LogP contribution in [0.2, 0.25) is 0 Å². The third-order valence-corrected chi connectivity index (χ3v) is 6.14. The number of rotatable bonds is 18. The van der Waals surface area contributed by atoms with Crippen molar-refractivity contribution < 1.29 is 29.1 Å². The van der Waals surface area contributed by atoms with Crippen LogP contribution in [0.25, 0.3) is 0 Å². The minimum atomic E-state index is -1.16. The fourth-order valence-electron chi connectivity index (χ4n) is 2.95. The van der Waals surface area contributed by atoms with Gasteiger partial charge in [0.25, 0.3) is 0 Å². The van der Waals surface area contributed by atoms with Crippen molar-refractivity contribution in [3.8, 4) is 0 Å². The first kappa shape index (κ1) is 32.0. The Hall–Kier alpha value is -1.99. The number of amides is 4. The number of hydrogen-bond donors (Lipinski definition) is 6. The molecule has 0 rings (SSSR count). The lowest BCUT2D eigenvalue weighted by Crippen LogP contribution is -2.57. The van der Waals surface area contributed by atoms with Crippen LogP contribution in [0.15, 0.2) is 0 Å². The number of thioether (sulfide) groups is 2. The highest BCUT2D eigenvalue weighted by Gasteiger charge is 2.30. The van der Waals surface area contributed by atoms with Gasteiger partial charge in [-0.15, -0.1) is 0 Å². The van der Waals surface area contributed by atoms with Crippen molar-refractivity contribution in [2.75, 3.05) is 24.0 Å². The van der Waals surface area contributed by atoms with Gasteiger partial charge in [0.1, 0.15) is 18.1 Å². The third kappa shape index (κ3) is 13.7. The molecule has 0 saturated heterocycles. The zero-order valence-corrected chi connectivity index (χ0v) is 21.9. The lowest BCUT2D eigenvalue weighted by Gasteiger charge is -2.25. The van der Waals surface area contributed by atoms with Gasteiger partial charge in [0.05, 0.1) is 6.04 Å². The molecule has 8 N–H and O–H groups in total. The lowest BCUT2D eigenvalue weighted by molar-refractivity contribution is -0.142. The number of carboxylic acid groups (broad SMARTS) is 1. The molecule has 13 heteroatoms. The molecular weight excluding hydrogens is 482 g/mol. The number of carboxylic acids is 1. The molecule has 0 saturated carbocycles. The van der Waals surface area contributed by atoms with E-state index in [1.54, 1.807) is 0 Å². The van der Waals surface area contributed by atoms with Crippen LogP contribution < -0.4 is 27.4 Å². The normalized spacial score (nSPS) is 14.5. The van der Waals surface area contributed by atoms with Crippen molar-refractivity contribution in [3.63, 3.8) is 0 Å². The van der Waals surface area contributed by atoms with Gasteiger partial charge in [-0.25, -0.2) is 4.79 Å². The van der Waals surface area contributed by atoms with Crippen molar-refractivity contribution >= 4 is 53.1 Å². The van der Waals surface area contributed by atoms with E-state index in [9.17, 15) is 29.1 Å². The van der Waals surface area contributed by atoms with E-state index in [2.05, 4.69) is 16.0 Å². The van der Waals surface area contributed by atoms with Gasteiger partial charge in [-0.3, -0.25) is 19.2 Å². The number of primary amides is 1. The fraction of sp³-hybridized carbons (Fsp3) is 0.762. The summed E-state index contributed by atoms with van der Waals surface area (Å²) < 4.78 is 0. The number of carbonyl (C=O) groups is 5. The van der Waals surface area contributed by atoms with Crippen LogP contribution in [-0.2, 0) is 24.0 Å². The molecule has 0 heterocycles. The number of nitrogens with two attached hydrogens (primary N) is 2. The molecule has 0 fully saturated rings. The van der Waals surface area contributed by atoms with E-state index in [-0.39, 0.29) is 31.6 Å². The molecule has 4 atom stereocenters. The Morgan fingerprint density at radius 1 is 0.794 bits per heavy atom. The quantitative estimate of drug-likeness (QED) is 0.140. The number of nitrogens with one attached hydrogen (secondary N) is 3. The van der Waals surface area contributed by atoms with E-state index in [4.69, 9.17) is 11.5 Å². The summed E-state index contributed by atoms with van der Waals surface area (Å²) in [4.78, 5) is 61.0. The SMILES string of the molecule is CSCCC(N)C(=O)NC(CCC(N)=O)C(=O)NC(CCSC)C(=O)NC(CC(C)C)C(=O)O. The van der Waals surface area contributed by atoms with E-state index < -0.39 is 53.8 Å². The maximum Gasteiger partial charge on any atom is 0.326 e. The van der Waals surface area contributed by atoms with E-state index in [1.807, 2.05) is 26.4 Å². The van der Waals surface area contributed by atoms with Crippen molar-refractivity contribution in [2.45, 2.75) is 70.1 Å². The van der Waals surface area contributed by atoms with Crippen LogP contribution in [0, 0.1) is 5.92 Å². The van der Waals surface area contributed by atoms with E-state index in [1.165, 1.54) is 23.5 Å². The first-order chi connectivity index (χ1) is 15.9. The highest BCUT2D eigenvalue weighted by atomic mass is 32.2. The molecule has 0 aromatic heterocycles. The Morgan fingerprint density at radius 3 is 1.74 bits per heavy atom. The molecule has 4 amide bonds. The summed E-state index contributed by atoms with van der Waals surface area (Å²) in [6.07, 6.45) is 4.37. The standard InChI is InChI=1S/C21H39N5O6S2/c1-12(2)11-16(21(31)32)26-20(30)15(8-10-34-4)25-19(29)14(5-6-17(23)27)24-18(28)13(22)7-9-33-3/h12-16H,5-11,22H2,1-4H3,(H2,23,27)(H,24,28)(H,25,29)(H,26,30)(H,31,32). The van der Waals surface area contributed by atoms with Crippen LogP contribution in [0.3, 0.4) is 0 Å². The molecule has 0 aromatic rings. The average Bonchev–Trinajstić information content (AvgIpc) is 2.76. The number of carbonyl (C=O) groups excluding carboxylic acids is 4. The molecule has 0 spiro atoms. The molecule has 0 aliphatic carbocycles. The molecular formula is C21H39N5O6S2. The van der Waals surface area contributed by atoms with Gasteiger partial charge in [-0.2, -0.15) is 23.5 Å². The van der Waals surface area contributed by atoms with E-state index in [0.29, 0.717) is 17.9 Å². The van der Waals surface area contributed by atoms with Gasteiger partial charge >= 0.3 is 5.97 Å². The first-order valence-corrected chi connectivity index (χ1v) is 13.9. The predicted octanol–water partition coefficient (Wildman–Crippen LogP) is -0.329. The highest BCUT2D eigenvalue weighted by molar-refractivity contribution is 7.98. The van der Waals surface area contributed by atoms with Crippen LogP contribution in [-0.4, -0.2) is 82.9 Å². The number of hydrogen-bond acceptors (Lipinski definition) is 8. The summed E-state index contributed by atoms with van der Waals surface area (Å²) in [5.41, 5.74) is 11.1. The summed E-state index contributed by atoms with van der Waals surface area (Å²) in [6.45, 7) is 3.68. The zero-order chi connectivity index (χ0) is 26.3. The smallest absolute Gasteiger partial charge is 0.326 e. The van der Waals surface area contributed by atoms with E-state index >= 15 is 0 Å². The van der Waals surface area contributed by atoms with Crippen molar-refractivity contribution in [2.24, 2.45) is 17.4 Å². The molecule has 34 heavy (non-hydrogen) atoms. The maximum atomic E-state index is 13.0. The molecule has 0 bridgehead atoms. The number of aliphatic carboxylic acids is 1. The molecule has 0 aliphatic heterocycles. The van der Waals surface area contributed by atoms with Gasteiger partial charge in [-0.1, -0.05) is 13.8 Å². The lowest BCUT2D eigenvalue weighted by atomic mass is 10.0. The Morgan fingerprint density at radius 2 is 1.26 bits per heavy atom. The minimum absolute atomic E-state index is 0.0318. The van der Waals surface area contributed by atoms with Gasteiger partial charge in [-0.05, 0) is 55.6 Å². The van der Waals surface area contributed by atoms with Gasteiger partial charge in [0.15, 0.2) is 0 Å². The Labute approximate surface area is 209 Å². The minimum Gasteiger partial charge on any atom is -0.480 e. The second kappa shape index (κ2) is 17.4. The Bertz CT molecular complexity index is 695. The van der Waals surface area contributed by atoms with Crippen LogP contribution in [0.5, 0.6) is 0 Å². The summed E-state index contributed by atoms with van der Waals surface area (Å²) in [5, 5.41) is 17.0. The van der Waals surface area contributed by atoms with Crippen molar-refractivity contribution in [1.82, 2.24) is 16.0 Å². The monoisotopic (exact) mass is 521 g/mol. The molecule has 0 aromatic carbocycles. The Balaban J connectivity index is 5.48. The molecule has 4 unspecified atom stereocenters. The first-order valence-electron chi connectivity index (χ1n) is 11.1. The average molecular weight is 522 g/mol. The summed E-state index contributed by atoms with van der Waals surface area (Å²) in [7, 11) is 0. The second-order valence-corrected chi connectivity index (χ2v) is 10.3. The van der Waals surface area contributed by atoms with Crippen molar-refractivity contribution in [3.05, 3.63) is 0 Å². The van der Waals surface area contributed by atoms with Crippen molar-refractivity contribution in [1.29, 1.82) is 0 Å². The van der Waals surface area contributed by atoms with Crippen LogP contribution in [0.1, 0.15) is 46.0 Å². The highest BCUT2D eigenvalue weighted by Crippen LogP contribution is 2.08. The maximum absolute atomic E-state index is 13.0. The van der Waals surface area contributed by atoms with Crippen LogP contribution in [0.4, 0.5) is 0 Å². The Kier molecular flexibility index (Phi) is 16.4. The second-order valence-electron chi connectivity index (χ2n) is 8.33. The van der Waals surface area contributed by atoms with Gasteiger partial charge in [0.2, 0.25) is 23.6 Å². The summed E-state index contributed by atoms with van der Waals surface area (Å²) in [5.74, 6) is -2.45. The van der Waals surface area contributed by atoms with E-state index in [0.717, 1.165) is 0 Å². The van der Waals surface area contributed by atoms with Gasteiger partial charge in [0, 0.05) is 6.42 Å². The fourth-order valence-corrected chi connectivity index (χ4v) is 3.91. The summed E-state index contributed by atoms with van der Waals surface area (Å²) in [6, 6.07) is -4.08. The molecule has 196 valence electrons. The zero-order valence-electron chi connectivity index (χ0n) is 20.3. The largest absolute Gasteiger partial charge is 0.480 e. The third-order valence-electron chi connectivity index (χ3n) is 4.85. The molecule has 0 aliphatic rings. The summed E-state index contributed by atoms with van der Waals surface area (Å²) >= 11 is 2.99. The molecule has 11 nitrogen and oxygen atoms in total. The topological polar surface area (TPSA) is 194 Å². The van der Waals surface area contributed by atoms with Crippen LogP contribution >= 0.6 is 23.5 Å². The van der Waals surface area contributed by atoms with Gasteiger partial charge < -0.3 is 32.5 Å². The predicted molar refractivity (Wildman–Crippen MR) is 135 cm³/mol. The molecule has 0 radical (unpaired) electrons.